The van der Waals surface area contributed by atoms with E-state index in [4.69, 9.17) is 5.73 Å². The number of aromatic nitrogens is 4. The van der Waals surface area contributed by atoms with Crippen LogP contribution in [0.3, 0.4) is 0 Å². The second-order valence-corrected chi connectivity index (χ2v) is 21.7. The number of carbonyl (C=O) groups excluding carboxylic acids is 7. The van der Waals surface area contributed by atoms with Gasteiger partial charge in [0.1, 0.15) is 78.8 Å². The summed E-state index contributed by atoms with van der Waals surface area (Å²) in [5.74, 6) is -24.9. The number of benzene rings is 1. The van der Waals surface area contributed by atoms with E-state index in [-0.39, 0.29) is 29.2 Å². The fraction of sp³-hybridized carbons (Fsp3) is 0.585. The van der Waals surface area contributed by atoms with Gasteiger partial charge < -0.3 is 129 Å². The maximum absolute atomic E-state index is 14.4. The zero-order valence-corrected chi connectivity index (χ0v) is 50.1. The molecule has 2 aromatic heterocycles. The first-order valence-corrected chi connectivity index (χ1v) is 28.7. The number of anilines is 2. The van der Waals surface area contributed by atoms with Gasteiger partial charge in [0.25, 0.3) is 11.5 Å². The molecule has 0 aliphatic rings. The summed E-state index contributed by atoms with van der Waals surface area (Å²) in [6, 6.07) is -3.81. The van der Waals surface area contributed by atoms with Gasteiger partial charge in [-0.1, -0.05) is 0 Å². The summed E-state index contributed by atoms with van der Waals surface area (Å²) < 4.78 is 0. The molecule has 0 saturated heterocycles. The molecule has 0 spiro atoms. The number of nitrogens with two attached hydrogens (primary N) is 1. The molecule has 0 radical (unpaired) electrons. The SMILES string of the molecule is Nc1nc2ncc(CNc3ccc(C(=O)N[C@@H](CCC(=O)C[C@H](C(=O)N[C@@H](CC(=O)O)C(=O)C[C@H](C(=O)N[C@H](C(=O)C[C@H](C(=O)N[C@@H](CS)C(=O)O)[C@@H](O)[C@H](O)[C@H](O)CO)[C@@H](O)[C@H](O)[C@H](O)CO)[C@@H](O)[C@H](O)[C@H](O)CO)[C@@H](O)[C@H](O)[C@H](O)CO)C(=O)O)cc3)nc2c(=O)[nH]1. The molecule has 0 aliphatic carbocycles. The third-order valence-corrected chi connectivity index (χ3v) is 14.9. The lowest BCUT2D eigenvalue weighted by molar-refractivity contribution is -0.152. The van der Waals surface area contributed by atoms with E-state index in [0.717, 1.165) is 0 Å². The number of aromatic amines is 1. The zero-order chi connectivity index (χ0) is 71.2. The van der Waals surface area contributed by atoms with Gasteiger partial charge in [0.05, 0.1) is 93.4 Å². The third-order valence-electron chi connectivity index (χ3n) is 14.6. The Bertz CT molecular complexity index is 3150. The summed E-state index contributed by atoms with van der Waals surface area (Å²) in [4.78, 5) is 160. The van der Waals surface area contributed by atoms with Gasteiger partial charge in [-0.15, -0.1) is 0 Å². The molecule has 2 heterocycles. The van der Waals surface area contributed by atoms with Crippen LogP contribution in [0.5, 0.6) is 0 Å². The standard InChI is InChI=1S/C53H76N10O30S/c54-53-62-45-36(50(89)63-53)57-20(12-56-45)11-55-19-3-1-18(2-4-19)46(85)58-25(51(90)91)6-5-21(68)7-22(37(77)40(80)30(71)13-64)47(86)59-26(10-34(75)76)28(69)8-23(38(78)41(81)31(72)14-65)49(88)61-35(44(84)43(83)33(74)16-67)29(70)9-24(39(79)42(82)32(73)15-66)48(87)60-27(17-94)52(92)93/h1-4,12,22-27,30-33,35,37-44,55,64-67,71-74,77-84,94H,5-11,13-17H2,(H,58,85)(H,59,86)(H,60,87)(H,61,88)(H,75,76)(H,90,91)(H,92,93)(H3,54,56,62,63,89)/t22-,23-,24-,25-,26-,27-,30+,31+,32+,33+,35+,37+,38+,39+,40+,41+,42+,43+,44+/m0/s1. The van der Waals surface area contributed by atoms with Gasteiger partial charge >= 0.3 is 17.9 Å². The first-order valence-electron chi connectivity index (χ1n) is 28.1. The van der Waals surface area contributed by atoms with E-state index in [1.54, 1.807) is 5.32 Å². The summed E-state index contributed by atoms with van der Waals surface area (Å²) in [5, 5.41) is 206. The number of amides is 4. The van der Waals surface area contributed by atoms with E-state index in [9.17, 15) is 150 Å². The van der Waals surface area contributed by atoms with Crippen molar-refractivity contribution in [2.75, 3.05) is 43.2 Å². The van der Waals surface area contributed by atoms with Gasteiger partial charge in [-0.2, -0.15) is 17.6 Å². The fourth-order valence-corrected chi connectivity index (χ4v) is 9.23. The van der Waals surface area contributed by atoms with E-state index in [1.807, 2.05) is 10.6 Å². The Balaban J connectivity index is 1.97. The number of carboxylic acid groups (broad SMARTS) is 3. The summed E-state index contributed by atoms with van der Waals surface area (Å²) in [5.41, 5.74) is 5.37. The Hall–Kier alpha value is -7.95. The molecule has 40 nitrogen and oxygen atoms in total. The molecule has 27 N–H and O–H groups in total. The van der Waals surface area contributed by atoms with Crippen LogP contribution in [0.4, 0.5) is 11.6 Å². The highest BCUT2D eigenvalue weighted by Gasteiger charge is 2.46. The van der Waals surface area contributed by atoms with Crippen molar-refractivity contribution in [2.24, 2.45) is 17.8 Å². The number of hydrogen-bond acceptors (Lipinski definition) is 33. The molecule has 41 heteroatoms. The summed E-state index contributed by atoms with van der Waals surface area (Å²) in [6.45, 7) is -5.45. The quantitative estimate of drug-likeness (QED) is 0.0234. The number of nitrogens with zero attached hydrogens (tertiary/aromatic N) is 3. The van der Waals surface area contributed by atoms with Gasteiger partial charge in [-0.05, 0) is 30.7 Å². The van der Waals surface area contributed by atoms with E-state index >= 15 is 0 Å². The number of H-pyrrole nitrogens is 1. The van der Waals surface area contributed by atoms with E-state index in [0.29, 0.717) is 11.4 Å². The topological polar surface area (TPSA) is 713 Å². The number of ketones is 3. The Morgan fingerprint density at radius 1 is 0.532 bits per heavy atom. The van der Waals surface area contributed by atoms with Crippen LogP contribution in [0.2, 0.25) is 0 Å². The molecule has 19 atom stereocenters. The number of aliphatic carboxylic acids is 3. The normalized spacial score (nSPS) is 17.8. The minimum atomic E-state index is -2.91. The fourth-order valence-electron chi connectivity index (χ4n) is 8.98. The number of rotatable bonds is 43. The summed E-state index contributed by atoms with van der Waals surface area (Å²) >= 11 is 3.77. The van der Waals surface area contributed by atoms with Crippen LogP contribution in [0, 0.1) is 17.8 Å². The van der Waals surface area contributed by atoms with Crippen molar-refractivity contribution < 1.29 is 145 Å². The number of Topliss-reactive ketones (excluding diaryl/α,β-unsaturated/α-hetero) is 3. The summed E-state index contributed by atoms with van der Waals surface area (Å²) in [7, 11) is 0. The zero-order valence-electron chi connectivity index (χ0n) is 49.2. The minimum absolute atomic E-state index is 0.00810. The maximum atomic E-state index is 14.4. The smallest absolute Gasteiger partial charge is 0.327 e. The van der Waals surface area contributed by atoms with Crippen molar-refractivity contribution in [2.45, 2.75) is 142 Å². The van der Waals surface area contributed by atoms with E-state index in [2.05, 4.69) is 43.2 Å². The number of carbonyl (C=O) groups is 10. The van der Waals surface area contributed by atoms with Crippen LogP contribution in [0.15, 0.2) is 35.3 Å². The number of nitrogens with one attached hydrogen (secondary N) is 6. The Morgan fingerprint density at radius 2 is 0.979 bits per heavy atom. The van der Waals surface area contributed by atoms with Crippen molar-refractivity contribution in [1.82, 2.24) is 41.2 Å². The molecule has 3 rings (SSSR count). The monoisotopic (exact) mass is 1360 g/mol. The molecule has 3 aromatic rings. The van der Waals surface area contributed by atoms with Crippen LogP contribution >= 0.6 is 12.6 Å². The average molecular weight is 1370 g/mol. The molecule has 0 aliphatic heterocycles. The molecule has 0 saturated carbocycles. The van der Waals surface area contributed by atoms with E-state index < -0.39 is 250 Å². The number of hydrogen-bond donors (Lipinski definition) is 27. The molecule has 0 unspecified atom stereocenters. The van der Waals surface area contributed by atoms with Crippen LogP contribution in [-0.4, -0.2) is 305 Å². The highest BCUT2D eigenvalue weighted by Crippen LogP contribution is 2.25. The van der Waals surface area contributed by atoms with Crippen molar-refractivity contribution in [3.05, 3.63) is 52.1 Å². The number of aliphatic hydroxyl groups excluding tert-OH is 16. The first kappa shape index (κ1) is 80.3. The predicted octanol–water partition coefficient (Wildman–Crippen LogP) is -12.2. The Labute approximate surface area is 534 Å². The number of nitrogen functional groups attached to an aromatic ring is 1. The molecular weight excluding hydrogens is 1290 g/mol. The highest BCUT2D eigenvalue weighted by atomic mass is 32.1. The molecule has 0 fully saturated rings. The lowest BCUT2D eigenvalue weighted by atomic mass is 9.84. The van der Waals surface area contributed by atoms with Gasteiger partial charge in [-0.3, -0.25) is 48.1 Å². The minimum Gasteiger partial charge on any atom is -0.481 e. The maximum Gasteiger partial charge on any atom is 0.327 e. The van der Waals surface area contributed by atoms with Crippen LogP contribution in [-0.2, 0) is 49.7 Å². The molecule has 524 valence electrons. The Kier molecular flexibility index (Phi) is 32.3. The number of aliphatic hydroxyl groups is 16. The lowest BCUT2D eigenvalue weighted by Crippen LogP contribution is -2.60. The van der Waals surface area contributed by atoms with Gasteiger partial charge in [0.2, 0.25) is 23.7 Å². The van der Waals surface area contributed by atoms with Crippen molar-refractivity contribution in [3.8, 4) is 0 Å². The first-order chi connectivity index (χ1) is 44.1. The highest BCUT2D eigenvalue weighted by molar-refractivity contribution is 7.80. The molecule has 4 amide bonds. The number of thiol groups is 1. The van der Waals surface area contributed by atoms with Crippen LogP contribution in [0.25, 0.3) is 11.2 Å². The Morgan fingerprint density at radius 3 is 1.44 bits per heavy atom. The van der Waals surface area contributed by atoms with Gasteiger partial charge in [0.15, 0.2) is 22.7 Å². The molecule has 0 bridgehead atoms. The number of fused-ring (bicyclic) bond motifs is 1. The van der Waals surface area contributed by atoms with Crippen molar-refractivity contribution in [1.29, 1.82) is 0 Å². The average Bonchev–Trinajstić information content (AvgIpc) is 0.864. The van der Waals surface area contributed by atoms with E-state index in [1.165, 1.54) is 30.5 Å². The molecule has 1 aromatic carbocycles. The number of carboxylic acids is 3. The van der Waals surface area contributed by atoms with Crippen molar-refractivity contribution >= 4 is 94.3 Å². The second kappa shape index (κ2) is 37.8. The van der Waals surface area contributed by atoms with Gasteiger partial charge in [0, 0.05) is 42.7 Å². The van der Waals surface area contributed by atoms with Crippen LogP contribution < -0.4 is 37.9 Å². The largest absolute Gasteiger partial charge is 0.481 e. The third kappa shape index (κ3) is 22.9. The van der Waals surface area contributed by atoms with Crippen molar-refractivity contribution in [3.63, 3.8) is 0 Å². The molecule has 94 heavy (non-hydrogen) atoms. The molecular formula is C53H76N10O30S. The van der Waals surface area contributed by atoms with Crippen LogP contribution in [0.1, 0.15) is 54.6 Å². The summed E-state index contributed by atoms with van der Waals surface area (Å²) in [6.07, 6.45) is -37.6. The lowest BCUT2D eigenvalue weighted by Gasteiger charge is -2.34. The van der Waals surface area contributed by atoms with Gasteiger partial charge in [-0.25, -0.2) is 19.6 Å². The second-order valence-electron chi connectivity index (χ2n) is 21.4. The predicted molar refractivity (Wildman–Crippen MR) is 314 cm³/mol.